The first-order valence-corrected chi connectivity index (χ1v) is 5.74. The average molecular weight is 243 g/mol. The smallest absolute Gasteiger partial charge is 0.141 e. The summed E-state index contributed by atoms with van der Waals surface area (Å²) in [4.78, 5) is 11.8. The highest BCUT2D eigenvalue weighted by Gasteiger charge is 2.05. The van der Waals surface area contributed by atoms with Gasteiger partial charge in [0.1, 0.15) is 11.6 Å². The summed E-state index contributed by atoms with van der Waals surface area (Å²) in [6, 6.07) is 13.3. The molecule has 2 rings (SSSR count). The average Bonchev–Trinajstić information content (AvgIpc) is 2.32. The van der Waals surface area contributed by atoms with Crippen molar-refractivity contribution in [2.45, 2.75) is 12.8 Å². The van der Waals surface area contributed by atoms with Crippen LogP contribution in [0.15, 0.2) is 48.5 Å². The molecule has 18 heavy (non-hydrogen) atoms. The maximum atomic E-state index is 12.7. The van der Waals surface area contributed by atoms with Crippen LogP contribution >= 0.6 is 0 Å². The lowest BCUT2D eigenvalue weighted by molar-refractivity contribution is -0.117. The molecule has 0 amide bonds. The second kappa shape index (κ2) is 5.45. The van der Waals surface area contributed by atoms with Crippen LogP contribution in [0.25, 0.3) is 0 Å². The molecule has 2 N–H and O–H groups in total. The lowest BCUT2D eigenvalue weighted by atomic mass is 10.0. The molecule has 0 atom stereocenters. The molecule has 0 bridgehead atoms. The molecule has 0 spiro atoms. The number of Topliss-reactive ketones (excluding diaryl/α,β-unsaturated/α-hetero) is 1. The summed E-state index contributed by atoms with van der Waals surface area (Å²) in [5.74, 6) is -0.200. The molecule has 2 nitrogen and oxygen atoms in total. The molecule has 3 heteroatoms. The van der Waals surface area contributed by atoms with Crippen LogP contribution in [0, 0.1) is 5.82 Å². The molecule has 0 radical (unpaired) electrons. The third-order valence-electron chi connectivity index (χ3n) is 2.67. The first-order valence-electron chi connectivity index (χ1n) is 5.74. The van der Waals surface area contributed by atoms with Gasteiger partial charge in [0.25, 0.3) is 0 Å². The predicted octanol–water partition coefficient (Wildman–Crippen LogP) is 2.76. The van der Waals surface area contributed by atoms with Crippen LogP contribution in [0.4, 0.5) is 10.1 Å². The highest BCUT2D eigenvalue weighted by molar-refractivity contribution is 5.83. The van der Waals surface area contributed by atoms with E-state index in [1.807, 2.05) is 12.1 Å². The molecule has 0 aliphatic carbocycles. The molecule has 0 saturated carbocycles. The summed E-state index contributed by atoms with van der Waals surface area (Å²) in [7, 11) is 0. The van der Waals surface area contributed by atoms with E-state index in [1.165, 1.54) is 12.1 Å². The standard InChI is InChI=1S/C15H14FNO/c16-13-6-4-11(5-7-13)9-15(18)10-12-2-1-3-14(17)8-12/h1-8H,9-10,17H2. The van der Waals surface area contributed by atoms with E-state index in [2.05, 4.69) is 0 Å². The van der Waals surface area contributed by atoms with Gasteiger partial charge in [-0.1, -0.05) is 24.3 Å². The minimum absolute atomic E-state index is 0.0900. The van der Waals surface area contributed by atoms with Gasteiger partial charge in [-0.2, -0.15) is 0 Å². The fraction of sp³-hybridized carbons (Fsp3) is 0.133. The number of nitrogen functional groups attached to an aromatic ring is 1. The van der Waals surface area contributed by atoms with Crippen LogP contribution < -0.4 is 5.73 Å². The summed E-state index contributed by atoms with van der Waals surface area (Å²) in [6.07, 6.45) is 0.664. The number of anilines is 1. The number of hydrogen-bond acceptors (Lipinski definition) is 2. The Kier molecular flexibility index (Phi) is 3.72. The van der Waals surface area contributed by atoms with Crippen molar-refractivity contribution in [1.82, 2.24) is 0 Å². The Morgan fingerprint density at radius 2 is 1.67 bits per heavy atom. The lowest BCUT2D eigenvalue weighted by Gasteiger charge is -2.03. The van der Waals surface area contributed by atoms with E-state index < -0.39 is 0 Å². The van der Waals surface area contributed by atoms with E-state index in [1.54, 1.807) is 24.3 Å². The van der Waals surface area contributed by atoms with Gasteiger partial charge in [-0.3, -0.25) is 4.79 Å². The second-order valence-electron chi connectivity index (χ2n) is 4.26. The van der Waals surface area contributed by atoms with Gasteiger partial charge in [0.05, 0.1) is 0 Å². The predicted molar refractivity (Wildman–Crippen MR) is 69.7 cm³/mol. The van der Waals surface area contributed by atoms with Crippen molar-refractivity contribution < 1.29 is 9.18 Å². The monoisotopic (exact) mass is 243 g/mol. The minimum atomic E-state index is -0.290. The van der Waals surface area contributed by atoms with E-state index in [9.17, 15) is 9.18 Å². The zero-order valence-corrected chi connectivity index (χ0v) is 9.90. The number of halogens is 1. The molecule has 0 heterocycles. The van der Waals surface area contributed by atoms with Gasteiger partial charge in [-0.25, -0.2) is 4.39 Å². The normalized spacial score (nSPS) is 10.3. The van der Waals surface area contributed by atoms with Gasteiger partial charge in [0, 0.05) is 18.5 Å². The third-order valence-corrected chi connectivity index (χ3v) is 2.67. The molecular weight excluding hydrogens is 229 g/mol. The van der Waals surface area contributed by atoms with Crippen molar-refractivity contribution in [2.75, 3.05) is 5.73 Å². The van der Waals surface area contributed by atoms with Crippen LogP contribution in [0.5, 0.6) is 0 Å². The highest BCUT2D eigenvalue weighted by Crippen LogP contribution is 2.10. The minimum Gasteiger partial charge on any atom is -0.399 e. The van der Waals surface area contributed by atoms with Crippen molar-refractivity contribution in [3.8, 4) is 0 Å². The van der Waals surface area contributed by atoms with E-state index >= 15 is 0 Å². The Hall–Kier alpha value is -2.16. The quantitative estimate of drug-likeness (QED) is 0.839. The summed E-state index contributed by atoms with van der Waals surface area (Å²) >= 11 is 0. The van der Waals surface area contributed by atoms with Crippen molar-refractivity contribution in [2.24, 2.45) is 0 Å². The maximum Gasteiger partial charge on any atom is 0.141 e. The van der Waals surface area contributed by atoms with E-state index in [0.717, 1.165) is 11.1 Å². The van der Waals surface area contributed by atoms with E-state index in [4.69, 9.17) is 5.73 Å². The Morgan fingerprint density at radius 3 is 2.33 bits per heavy atom. The van der Waals surface area contributed by atoms with Gasteiger partial charge >= 0.3 is 0 Å². The third kappa shape index (κ3) is 3.42. The molecule has 0 aliphatic heterocycles. The van der Waals surface area contributed by atoms with Gasteiger partial charge in [-0.15, -0.1) is 0 Å². The van der Waals surface area contributed by atoms with Crippen molar-refractivity contribution in [1.29, 1.82) is 0 Å². The molecule has 2 aromatic carbocycles. The van der Waals surface area contributed by atoms with Gasteiger partial charge in [0.2, 0.25) is 0 Å². The largest absolute Gasteiger partial charge is 0.399 e. The van der Waals surface area contributed by atoms with Crippen LogP contribution in [0.3, 0.4) is 0 Å². The van der Waals surface area contributed by atoms with Crippen molar-refractivity contribution >= 4 is 11.5 Å². The molecule has 0 aromatic heterocycles. The first kappa shape index (κ1) is 12.3. The van der Waals surface area contributed by atoms with E-state index in [-0.39, 0.29) is 11.6 Å². The van der Waals surface area contributed by atoms with Crippen molar-refractivity contribution in [3.05, 3.63) is 65.5 Å². The Labute approximate surface area is 105 Å². The second-order valence-corrected chi connectivity index (χ2v) is 4.26. The fourth-order valence-corrected chi connectivity index (χ4v) is 1.82. The summed E-state index contributed by atoms with van der Waals surface area (Å²) < 4.78 is 12.7. The summed E-state index contributed by atoms with van der Waals surface area (Å²) in [5, 5.41) is 0. The fourth-order valence-electron chi connectivity index (χ4n) is 1.82. The number of nitrogens with two attached hydrogens (primary N) is 1. The van der Waals surface area contributed by atoms with E-state index in [0.29, 0.717) is 18.5 Å². The summed E-state index contributed by atoms with van der Waals surface area (Å²) in [5.41, 5.74) is 8.03. The van der Waals surface area contributed by atoms with Gasteiger partial charge < -0.3 is 5.73 Å². The molecule has 2 aromatic rings. The zero-order chi connectivity index (χ0) is 13.0. The maximum absolute atomic E-state index is 12.7. The van der Waals surface area contributed by atoms with Crippen LogP contribution in [-0.2, 0) is 17.6 Å². The zero-order valence-electron chi connectivity index (χ0n) is 9.90. The Balaban J connectivity index is 1.98. The van der Waals surface area contributed by atoms with Crippen molar-refractivity contribution in [3.63, 3.8) is 0 Å². The Bertz CT molecular complexity index is 549. The SMILES string of the molecule is Nc1cccc(CC(=O)Cc2ccc(F)cc2)c1. The van der Waals surface area contributed by atoms with Gasteiger partial charge in [0.15, 0.2) is 0 Å². The number of rotatable bonds is 4. The molecule has 0 aliphatic rings. The van der Waals surface area contributed by atoms with Crippen LogP contribution in [0.1, 0.15) is 11.1 Å². The van der Waals surface area contributed by atoms with Crippen LogP contribution in [0.2, 0.25) is 0 Å². The number of carbonyl (C=O) groups excluding carboxylic acids is 1. The van der Waals surface area contributed by atoms with Gasteiger partial charge in [-0.05, 0) is 35.4 Å². The molecular formula is C15H14FNO. The number of hydrogen-bond donors (Lipinski definition) is 1. The highest BCUT2D eigenvalue weighted by atomic mass is 19.1. The topological polar surface area (TPSA) is 43.1 Å². The number of carbonyl (C=O) groups is 1. The molecule has 0 saturated heterocycles. The molecule has 92 valence electrons. The number of benzene rings is 2. The molecule has 0 fully saturated rings. The molecule has 0 unspecified atom stereocenters. The Morgan fingerprint density at radius 1 is 1.00 bits per heavy atom. The van der Waals surface area contributed by atoms with Crippen LogP contribution in [-0.4, -0.2) is 5.78 Å². The first-order chi connectivity index (χ1) is 8.63. The number of ketones is 1. The summed E-state index contributed by atoms with van der Waals surface area (Å²) in [6.45, 7) is 0. The lowest BCUT2D eigenvalue weighted by Crippen LogP contribution is -2.06.